The second-order valence-electron chi connectivity index (χ2n) is 3.80. The Kier molecular flexibility index (Phi) is 3.78. The standard InChI is InChI=1S/C12H13IN4/c1-17(12-15-6-10(13)7-16-12)8-9-3-2-4-11(14)5-9/h2-7H,8,14H2,1H3. The van der Waals surface area contributed by atoms with E-state index in [9.17, 15) is 0 Å². The molecule has 2 aromatic rings. The van der Waals surface area contributed by atoms with Crippen LogP contribution in [0.3, 0.4) is 0 Å². The zero-order chi connectivity index (χ0) is 12.3. The van der Waals surface area contributed by atoms with E-state index in [-0.39, 0.29) is 0 Å². The molecule has 2 rings (SSSR count). The Labute approximate surface area is 114 Å². The second kappa shape index (κ2) is 5.31. The molecule has 0 radical (unpaired) electrons. The first kappa shape index (κ1) is 12.1. The average molecular weight is 340 g/mol. The average Bonchev–Trinajstić information content (AvgIpc) is 2.29. The van der Waals surface area contributed by atoms with Gasteiger partial charge < -0.3 is 10.6 Å². The monoisotopic (exact) mass is 340 g/mol. The first-order valence-electron chi connectivity index (χ1n) is 5.18. The minimum absolute atomic E-state index is 0.716. The Bertz CT molecular complexity index is 498. The lowest BCUT2D eigenvalue weighted by Crippen LogP contribution is -2.19. The van der Waals surface area contributed by atoms with Crippen molar-refractivity contribution in [2.45, 2.75) is 6.54 Å². The molecule has 88 valence electrons. The molecule has 1 heterocycles. The normalized spacial score (nSPS) is 10.2. The van der Waals surface area contributed by atoms with Gasteiger partial charge in [-0.2, -0.15) is 0 Å². The quantitative estimate of drug-likeness (QED) is 0.688. The topological polar surface area (TPSA) is 55.0 Å². The van der Waals surface area contributed by atoms with Crippen LogP contribution < -0.4 is 10.6 Å². The Morgan fingerprint density at radius 3 is 2.65 bits per heavy atom. The molecule has 0 bridgehead atoms. The van der Waals surface area contributed by atoms with Crippen molar-refractivity contribution in [1.82, 2.24) is 9.97 Å². The van der Waals surface area contributed by atoms with Crippen molar-refractivity contribution >= 4 is 34.2 Å². The van der Waals surface area contributed by atoms with Gasteiger partial charge in [0.25, 0.3) is 0 Å². The fourth-order valence-electron chi connectivity index (χ4n) is 1.54. The predicted octanol–water partition coefficient (Wildman–Crippen LogP) is 2.30. The molecular weight excluding hydrogens is 327 g/mol. The van der Waals surface area contributed by atoms with Crippen molar-refractivity contribution in [3.63, 3.8) is 0 Å². The zero-order valence-electron chi connectivity index (χ0n) is 9.47. The third kappa shape index (κ3) is 3.29. The van der Waals surface area contributed by atoms with Gasteiger partial charge in [0, 0.05) is 35.2 Å². The number of anilines is 2. The molecule has 0 saturated carbocycles. The molecule has 0 atom stereocenters. The van der Waals surface area contributed by atoms with Crippen molar-refractivity contribution in [2.75, 3.05) is 17.7 Å². The van der Waals surface area contributed by atoms with E-state index in [1.54, 1.807) is 12.4 Å². The van der Waals surface area contributed by atoms with Gasteiger partial charge in [0.1, 0.15) is 0 Å². The highest BCUT2D eigenvalue weighted by Crippen LogP contribution is 2.12. The van der Waals surface area contributed by atoms with Crippen molar-refractivity contribution in [2.24, 2.45) is 0 Å². The summed E-state index contributed by atoms with van der Waals surface area (Å²) in [4.78, 5) is 10.5. The maximum Gasteiger partial charge on any atom is 0.225 e. The van der Waals surface area contributed by atoms with Gasteiger partial charge in [0.2, 0.25) is 5.95 Å². The Balaban J connectivity index is 2.11. The molecule has 0 unspecified atom stereocenters. The van der Waals surface area contributed by atoms with Crippen molar-refractivity contribution in [3.05, 3.63) is 45.8 Å². The van der Waals surface area contributed by atoms with Crippen LogP contribution in [0.4, 0.5) is 11.6 Å². The van der Waals surface area contributed by atoms with E-state index in [2.05, 4.69) is 32.6 Å². The minimum Gasteiger partial charge on any atom is -0.399 e. The lowest BCUT2D eigenvalue weighted by Gasteiger charge is -2.16. The fourth-order valence-corrected chi connectivity index (χ4v) is 1.82. The van der Waals surface area contributed by atoms with Crippen LogP contribution in [0.15, 0.2) is 36.7 Å². The van der Waals surface area contributed by atoms with Gasteiger partial charge in [-0.25, -0.2) is 9.97 Å². The highest BCUT2D eigenvalue weighted by molar-refractivity contribution is 14.1. The molecule has 17 heavy (non-hydrogen) atoms. The largest absolute Gasteiger partial charge is 0.399 e. The van der Waals surface area contributed by atoms with E-state index in [0.717, 1.165) is 21.4 Å². The predicted molar refractivity (Wildman–Crippen MR) is 77.7 cm³/mol. The van der Waals surface area contributed by atoms with Crippen LogP contribution >= 0.6 is 22.6 Å². The lowest BCUT2D eigenvalue weighted by molar-refractivity contribution is 0.865. The van der Waals surface area contributed by atoms with Crippen LogP contribution in [0.5, 0.6) is 0 Å². The van der Waals surface area contributed by atoms with Gasteiger partial charge in [-0.3, -0.25) is 0 Å². The van der Waals surface area contributed by atoms with Gasteiger partial charge in [-0.15, -0.1) is 0 Å². The van der Waals surface area contributed by atoms with Gasteiger partial charge >= 0.3 is 0 Å². The summed E-state index contributed by atoms with van der Waals surface area (Å²) >= 11 is 2.19. The number of aromatic nitrogens is 2. The van der Waals surface area contributed by atoms with Gasteiger partial charge in [-0.1, -0.05) is 12.1 Å². The first-order chi connectivity index (χ1) is 8.15. The molecule has 2 N–H and O–H groups in total. The zero-order valence-corrected chi connectivity index (χ0v) is 11.6. The molecule has 0 amide bonds. The summed E-state index contributed by atoms with van der Waals surface area (Å²) in [6, 6.07) is 7.83. The number of hydrogen-bond donors (Lipinski definition) is 1. The van der Waals surface area contributed by atoms with Crippen LogP contribution in [-0.4, -0.2) is 17.0 Å². The van der Waals surface area contributed by atoms with E-state index in [1.807, 2.05) is 36.2 Å². The van der Waals surface area contributed by atoms with Crippen molar-refractivity contribution in [1.29, 1.82) is 0 Å². The molecule has 4 nitrogen and oxygen atoms in total. The van der Waals surface area contributed by atoms with E-state index in [1.165, 1.54) is 0 Å². The number of nitrogen functional groups attached to an aromatic ring is 1. The summed E-state index contributed by atoms with van der Waals surface area (Å²) in [5, 5.41) is 0. The molecule has 0 spiro atoms. The Hall–Kier alpha value is -1.37. The third-order valence-electron chi connectivity index (χ3n) is 2.32. The van der Waals surface area contributed by atoms with E-state index < -0.39 is 0 Å². The highest BCUT2D eigenvalue weighted by atomic mass is 127. The van der Waals surface area contributed by atoms with E-state index in [4.69, 9.17) is 5.73 Å². The molecule has 0 aliphatic rings. The molecule has 0 aliphatic carbocycles. The van der Waals surface area contributed by atoms with Crippen molar-refractivity contribution < 1.29 is 0 Å². The molecule has 0 fully saturated rings. The van der Waals surface area contributed by atoms with Crippen LogP contribution in [0, 0.1) is 3.57 Å². The number of nitrogens with two attached hydrogens (primary N) is 1. The summed E-state index contributed by atoms with van der Waals surface area (Å²) in [6.07, 6.45) is 3.61. The fraction of sp³-hybridized carbons (Fsp3) is 0.167. The highest BCUT2D eigenvalue weighted by Gasteiger charge is 2.04. The summed E-state index contributed by atoms with van der Waals surface area (Å²) in [7, 11) is 1.96. The molecule has 1 aromatic heterocycles. The molecule has 0 saturated heterocycles. The van der Waals surface area contributed by atoms with Crippen LogP contribution in [0.25, 0.3) is 0 Å². The van der Waals surface area contributed by atoms with Crippen LogP contribution in [-0.2, 0) is 6.54 Å². The molecular formula is C12H13IN4. The maximum absolute atomic E-state index is 5.74. The molecule has 1 aromatic carbocycles. The maximum atomic E-state index is 5.74. The molecule has 5 heteroatoms. The summed E-state index contributed by atoms with van der Waals surface area (Å²) < 4.78 is 1.03. The Morgan fingerprint density at radius 2 is 2.00 bits per heavy atom. The molecule has 0 aliphatic heterocycles. The van der Waals surface area contributed by atoms with Gasteiger partial charge in [0.05, 0.1) is 0 Å². The van der Waals surface area contributed by atoms with E-state index >= 15 is 0 Å². The first-order valence-corrected chi connectivity index (χ1v) is 6.26. The number of nitrogens with zero attached hydrogens (tertiary/aromatic N) is 3. The van der Waals surface area contributed by atoms with Crippen molar-refractivity contribution in [3.8, 4) is 0 Å². The number of hydrogen-bond acceptors (Lipinski definition) is 4. The third-order valence-corrected chi connectivity index (χ3v) is 2.88. The van der Waals surface area contributed by atoms with E-state index in [0.29, 0.717) is 5.95 Å². The summed E-state index contributed by atoms with van der Waals surface area (Å²) in [5.74, 6) is 0.716. The van der Waals surface area contributed by atoms with Gasteiger partial charge in [0.15, 0.2) is 0 Å². The lowest BCUT2D eigenvalue weighted by atomic mass is 10.2. The number of halogens is 1. The smallest absolute Gasteiger partial charge is 0.225 e. The van der Waals surface area contributed by atoms with Crippen LogP contribution in [0.2, 0.25) is 0 Å². The Morgan fingerprint density at radius 1 is 1.29 bits per heavy atom. The summed E-state index contributed by atoms with van der Waals surface area (Å²) in [5.41, 5.74) is 7.67. The number of benzene rings is 1. The number of rotatable bonds is 3. The van der Waals surface area contributed by atoms with Gasteiger partial charge in [-0.05, 0) is 40.3 Å². The minimum atomic E-state index is 0.716. The summed E-state index contributed by atoms with van der Waals surface area (Å²) in [6.45, 7) is 0.742. The van der Waals surface area contributed by atoms with Crippen LogP contribution in [0.1, 0.15) is 5.56 Å². The second-order valence-corrected chi connectivity index (χ2v) is 5.05. The SMILES string of the molecule is CN(Cc1cccc(N)c1)c1ncc(I)cn1.